The average molecular weight is 1200 g/mol. The quantitative estimate of drug-likeness (QED) is 0.122. The van der Waals surface area contributed by atoms with E-state index in [1.165, 1.54) is 40.3 Å². The second-order valence-electron chi connectivity index (χ2n) is 24.0. The highest BCUT2D eigenvalue weighted by Crippen LogP contribution is 2.56. The molecule has 1 aliphatic heterocycles. The van der Waals surface area contributed by atoms with E-state index in [1.807, 2.05) is 71.8 Å². The van der Waals surface area contributed by atoms with Crippen LogP contribution < -0.4 is 19.3 Å². The minimum atomic E-state index is -0.560. The van der Waals surface area contributed by atoms with Crippen LogP contribution in [0.1, 0.15) is 62.0 Å². The Morgan fingerprint density at radius 3 is 1.63 bits per heavy atom. The lowest BCUT2D eigenvalue weighted by atomic mass is 9.69. The van der Waals surface area contributed by atoms with Crippen molar-refractivity contribution in [3.05, 3.63) is 308 Å². The largest absolute Gasteiger partial charge is 0.457 e. The molecule has 0 saturated heterocycles. The summed E-state index contributed by atoms with van der Waals surface area (Å²) in [5.74, 6) is 3.75. The SMILES string of the molecule is [2H]c1c([2H])c([2H])c(-c2cccc(-c3c([2H])c([2H])c([2H])c([2H])c3[2H])c2N2CN(c3cccc(Oc4ccc5c6cc(-n7c8ccccc8c8ccccc87)ccc6n(-c6cc(Oc7c(-c8ccccc8)c8c9c(c7-c7ccccc7)CCCC9CCC8)ccn6)c5c4)c3)c3ccccc32)c([2H])c1[2H]. The van der Waals surface area contributed by atoms with Crippen molar-refractivity contribution >= 4 is 66.4 Å². The number of anilines is 4. The van der Waals surface area contributed by atoms with Gasteiger partial charge >= 0.3 is 0 Å². The first kappa shape index (κ1) is 44.1. The molecule has 18 rings (SSSR count). The average Bonchev–Trinajstić information content (AvgIpc) is 1.32. The van der Waals surface area contributed by atoms with Gasteiger partial charge < -0.3 is 23.8 Å². The van der Waals surface area contributed by atoms with Crippen LogP contribution >= 0.6 is 0 Å². The number of nitrogens with zero attached hydrogens (tertiary/aromatic N) is 5. The normalized spacial score (nSPS) is 15.2. The van der Waals surface area contributed by atoms with Gasteiger partial charge in [-0.05, 0) is 156 Å². The van der Waals surface area contributed by atoms with Gasteiger partial charge in [0.25, 0.3) is 0 Å². The van der Waals surface area contributed by atoms with E-state index in [1.54, 1.807) is 18.2 Å². The van der Waals surface area contributed by atoms with E-state index >= 15 is 0 Å². The molecule has 0 fully saturated rings. The predicted octanol–water partition coefficient (Wildman–Crippen LogP) is 22.5. The van der Waals surface area contributed by atoms with E-state index in [9.17, 15) is 5.48 Å². The standard InChI is InChI=1S/C85H63N5O2/c1-5-23-56(24-6-1)66-37-22-38-67(57-25-7-2-8-26-57)84(66)88-55-87(77-43-17-18-44-78(77)88)61-33-21-34-63(51-61)91-64-46-47-70-73-52-62(89-74-41-15-13-35-68(74)69-36-14-16-42-75(69)89)45-48-76(73)90(79(70)53-64)80-54-65(49-50-86-80)92-85-82(59-27-9-3-10-28-59)71-39-19-31-58-32-20-40-72(81(58)71)83(85)60-29-11-4-12-30-60/h1-18,21-30,33-38,41-54,58H,19-20,31-32,39-40,55H2/i1D,2D,5D,6D,7D,8D,23D,24D,25D,26D. The number of hydrogen-bond acceptors (Lipinski definition) is 5. The van der Waals surface area contributed by atoms with Gasteiger partial charge in [0.2, 0.25) is 0 Å². The number of rotatable bonds is 12. The molecule has 3 aromatic heterocycles. The van der Waals surface area contributed by atoms with E-state index in [0.29, 0.717) is 34.7 Å². The number of hydrogen-bond donors (Lipinski definition) is 0. The molecule has 0 radical (unpaired) electrons. The van der Waals surface area contributed by atoms with Crippen LogP contribution in [0.15, 0.2) is 291 Å². The molecule has 7 heteroatoms. The van der Waals surface area contributed by atoms with Crippen LogP contribution in [-0.2, 0) is 12.8 Å². The van der Waals surface area contributed by atoms with E-state index in [4.69, 9.17) is 22.7 Å². The Kier molecular flexibility index (Phi) is 10.7. The lowest BCUT2D eigenvalue weighted by Gasteiger charge is -2.36. The summed E-state index contributed by atoms with van der Waals surface area (Å²) in [7, 11) is 0. The Balaban J connectivity index is 0.770. The molecule has 15 aromatic rings. The summed E-state index contributed by atoms with van der Waals surface area (Å²) in [5.41, 5.74) is 16.5. The zero-order valence-corrected chi connectivity index (χ0v) is 50.0. The molecule has 92 heavy (non-hydrogen) atoms. The smallest absolute Gasteiger partial charge is 0.143 e. The van der Waals surface area contributed by atoms with Crippen molar-refractivity contribution in [3.63, 3.8) is 0 Å². The maximum absolute atomic E-state index is 9.21. The fraction of sp³-hybridized carbons (Fsp3) is 0.0941. The Bertz CT molecular complexity index is 5720. The van der Waals surface area contributed by atoms with Crippen LogP contribution in [0.5, 0.6) is 23.0 Å². The molecular formula is C85H63N5O2. The van der Waals surface area contributed by atoms with Gasteiger partial charge in [-0.15, -0.1) is 0 Å². The van der Waals surface area contributed by atoms with Gasteiger partial charge in [0.15, 0.2) is 0 Å². The van der Waals surface area contributed by atoms with E-state index in [-0.39, 0.29) is 34.6 Å². The van der Waals surface area contributed by atoms with Crippen molar-refractivity contribution in [1.82, 2.24) is 14.1 Å². The fourth-order valence-electron chi connectivity index (χ4n) is 15.1. The second kappa shape index (κ2) is 22.3. The highest BCUT2D eigenvalue weighted by molar-refractivity contribution is 6.12. The van der Waals surface area contributed by atoms with Gasteiger partial charge in [-0.1, -0.05) is 194 Å². The highest BCUT2D eigenvalue weighted by atomic mass is 16.5. The van der Waals surface area contributed by atoms with Crippen LogP contribution in [0.3, 0.4) is 0 Å². The van der Waals surface area contributed by atoms with Crippen molar-refractivity contribution in [1.29, 1.82) is 0 Å². The molecule has 0 amide bonds. The predicted molar refractivity (Wildman–Crippen MR) is 378 cm³/mol. The molecule has 12 aromatic carbocycles. The third-order valence-corrected chi connectivity index (χ3v) is 18.9. The lowest BCUT2D eigenvalue weighted by molar-refractivity contribution is 0.461. The van der Waals surface area contributed by atoms with Crippen molar-refractivity contribution in [2.24, 2.45) is 0 Å². The molecule has 2 aliphatic carbocycles. The molecule has 440 valence electrons. The third-order valence-electron chi connectivity index (χ3n) is 18.9. The zero-order valence-electron chi connectivity index (χ0n) is 60.0. The van der Waals surface area contributed by atoms with Crippen molar-refractivity contribution < 1.29 is 23.2 Å². The Hall–Kier alpha value is -11.4. The number of fused-ring (bicyclic) bond motifs is 7. The summed E-state index contributed by atoms with van der Waals surface area (Å²) < 4.78 is 108. The number of ether oxygens (including phenoxy) is 2. The summed E-state index contributed by atoms with van der Waals surface area (Å²) in [5, 5.41) is 4.32. The summed E-state index contributed by atoms with van der Waals surface area (Å²) >= 11 is 0. The molecule has 0 unspecified atom stereocenters. The van der Waals surface area contributed by atoms with E-state index in [0.717, 1.165) is 104 Å². The summed E-state index contributed by atoms with van der Waals surface area (Å²) in [4.78, 5) is 9.17. The second-order valence-corrected chi connectivity index (χ2v) is 24.0. The van der Waals surface area contributed by atoms with Gasteiger partial charge in [-0.25, -0.2) is 4.98 Å². The van der Waals surface area contributed by atoms with Crippen LogP contribution in [-0.4, -0.2) is 20.8 Å². The monoisotopic (exact) mass is 1200 g/mol. The third kappa shape index (κ3) is 8.98. The van der Waals surface area contributed by atoms with Gasteiger partial charge in [-0.2, -0.15) is 0 Å². The van der Waals surface area contributed by atoms with E-state index in [2.05, 4.69) is 160 Å². The van der Waals surface area contributed by atoms with Gasteiger partial charge in [0.1, 0.15) is 35.5 Å². The van der Waals surface area contributed by atoms with Gasteiger partial charge in [-0.3, -0.25) is 4.57 Å². The molecule has 0 spiro atoms. The molecule has 0 bridgehead atoms. The first-order valence-corrected chi connectivity index (χ1v) is 31.5. The number of pyridine rings is 1. The highest BCUT2D eigenvalue weighted by Gasteiger charge is 2.36. The van der Waals surface area contributed by atoms with E-state index < -0.39 is 60.4 Å². The fourth-order valence-corrected chi connectivity index (χ4v) is 15.1. The van der Waals surface area contributed by atoms with Crippen molar-refractivity contribution in [2.45, 2.75) is 44.4 Å². The van der Waals surface area contributed by atoms with Crippen LogP contribution in [0, 0.1) is 0 Å². The first-order chi connectivity index (χ1) is 49.8. The molecule has 0 atom stereocenters. The minimum Gasteiger partial charge on any atom is -0.457 e. The maximum Gasteiger partial charge on any atom is 0.143 e. The molecule has 3 aliphatic rings. The van der Waals surface area contributed by atoms with Crippen LogP contribution in [0.2, 0.25) is 0 Å². The number of aromatic nitrogens is 3. The minimum absolute atomic E-state index is 0.0811. The Labute approximate surface area is 548 Å². The summed E-state index contributed by atoms with van der Waals surface area (Å²) in [6, 6.07) is 70.6. The van der Waals surface area contributed by atoms with Gasteiger partial charge in [0.05, 0.1) is 52.8 Å². The molecule has 4 heterocycles. The Morgan fingerprint density at radius 2 is 0.967 bits per heavy atom. The lowest BCUT2D eigenvalue weighted by Crippen LogP contribution is -2.24. The molecule has 0 saturated carbocycles. The molecular weight excluding hydrogens is 1120 g/mol. The number of para-hydroxylation sites is 5. The topological polar surface area (TPSA) is 47.7 Å². The molecule has 0 N–H and O–H groups in total. The van der Waals surface area contributed by atoms with Gasteiger partial charge in [0, 0.05) is 79.6 Å². The first-order valence-electron chi connectivity index (χ1n) is 36.5. The zero-order chi connectivity index (χ0) is 69.3. The summed E-state index contributed by atoms with van der Waals surface area (Å²) in [6.07, 6.45) is 8.46. The van der Waals surface area contributed by atoms with Crippen molar-refractivity contribution in [3.8, 4) is 79.0 Å². The van der Waals surface area contributed by atoms with Crippen LogP contribution in [0.4, 0.5) is 22.7 Å². The number of benzene rings is 12. The Morgan fingerprint density at radius 1 is 0.402 bits per heavy atom. The van der Waals surface area contributed by atoms with Crippen LogP contribution in [0.25, 0.3) is 99.6 Å². The maximum atomic E-state index is 9.21. The molecule has 7 nitrogen and oxygen atoms in total. The summed E-state index contributed by atoms with van der Waals surface area (Å²) in [6.45, 7) is 0.0811. The van der Waals surface area contributed by atoms with Crippen molar-refractivity contribution in [2.75, 3.05) is 16.5 Å².